The van der Waals surface area contributed by atoms with Crippen LogP contribution in [0.15, 0.2) is 36.4 Å². The lowest BCUT2D eigenvalue weighted by atomic mass is 9.99. The van der Waals surface area contributed by atoms with Gasteiger partial charge < -0.3 is 9.72 Å². The van der Waals surface area contributed by atoms with Crippen molar-refractivity contribution in [1.29, 1.82) is 0 Å². The van der Waals surface area contributed by atoms with E-state index in [0.29, 0.717) is 5.02 Å². The van der Waals surface area contributed by atoms with E-state index in [1.165, 1.54) is 7.11 Å². The van der Waals surface area contributed by atoms with E-state index in [9.17, 15) is 4.79 Å². The number of benzene rings is 2. The monoisotopic (exact) mass is 287 g/mol. The highest BCUT2D eigenvalue weighted by Crippen LogP contribution is 2.30. The normalized spacial score (nSPS) is 12.8. The van der Waals surface area contributed by atoms with Gasteiger partial charge in [-0.2, -0.15) is 0 Å². The van der Waals surface area contributed by atoms with Gasteiger partial charge in [0.25, 0.3) is 0 Å². The minimum Gasteiger partial charge on any atom is -0.469 e. The molecule has 3 rings (SSSR count). The number of nitrogens with one attached hydrogen (secondary N) is 1. The van der Waals surface area contributed by atoms with Gasteiger partial charge >= 0.3 is 5.97 Å². The number of aromatic amines is 1. The molecule has 4 heteroatoms. The van der Waals surface area contributed by atoms with Crippen LogP contribution < -0.4 is 0 Å². The molecule has 3 aromatic rings. The van der Waals surface area contributed by atoms with Gasteiger partial charge in [-0.05, 0) is 42.8 Å². The lowest BCUT2D eigenvalue weighted by Crippen LogP contribution is -2.10. The van der Waals surface area contributed by atoms with Gasteiger partial charge in [-0.3, -0.25) is 4.79 Å². The van der Waals surface area contributed by atoms with Crippen molar-refractivity contribution in [3.05, 3.63) is 47.0 Å². The maximum Gasteiger partial charge on any atom is 0.312 e. The Morgan fingerprint density at radius 1 is 1.15 bits per heavy atom. The summed E-state index contributed by atoms with van der Waals surface area (Å²) < 4.78 is 4.80. The first-order valence-electron chi connectivity index (χ1n) is 6.39. The molecule has 0 aliphatic rings. The van der Waals surface area contributed by atoms with E-state index < -0.39 is 0 Å². The fourth-order valence-corrected chi connectivity index (χ4v) is 2.64. The van der Waals surface area contributed by atoms with Crippen LogP contribution in [0.2, 0.25) is 5.02 Å². The van der Waals surface area contributed by atoms with Crippen LogP contribution in [0.25, 0.3) is 21.8 Å². The molecule has 2 aromatic carbocycles. The maximum atomic E-state index is 11.7. The highest BCUT2D eigenvalue weighted by Gasteiger charge is 2.16. The smallest absolute Gasteiger partial charge is 0.312 e. The van der Waals surface area contributed by atoms with E-state index in [1.807, 2.05) is 43.3 Å². The van der Waals surface area contributed by atoms with Crippen molar-refractivity contribution >= 4 is 39.4 Å². The molecular formula is C16H14ClNO2. The lowest BCUT2D eigenvalue weighted by Gasteiger charge is -2.09. The Bertz CT molecular complexity index is 807. The Balaban J connectivity index is 2.21. The van der Waals surface area contributed by atoms with Crippen molar-refractivity contribution in [2.75, 3.05) is 7.11 Å². The lowest BCUT2D eigenvalue weighted by molar-refractivity contribution is -0.141. The first-order chi connectivity index (χ1) is 9.60. The average molecular weight is 288 g/mol. The third kappa shape index (κ3) is 2.04. The van der Waals surface area contributed by atoms with Gasteiger partial charge in [0.2, 0.25) is 0 Å². The fourth-order valence-electron chi connectivity index (χ4n) is 2.47. The minimum atomic E-state index is -0.284. The van der Waals surface area contributed by atoms with Gasteiger partial charge in [0.05, 0.1) is 13.0 Å². The third-order valence-corrected chi connectivity index (χ3v) is 3.87. The molecule has 1 aromatic heterocycles. The van der Waals surface area contributed by atoms with Crippen LogP contribution in [0.5, 0.6) is 0 Å². The molecule has 0 aliphatic carbocycles. The van der Waals surface area contributed by atoms with E-state index in [2.05, 4.69) is 4.98 Å². The van der Waals surface area contributed by atoms with Crippen molar-refractivity contribution in [3.8, 4) is 0 Å². The van der Waals surface area contributed by atoms with Gasteiger partial charge in [-0.25, -0.2) is 0 Å². The summed E-state index contributed by atoms with van der Waals surface area (Å²) in [6.07, 6.45) is 0. The van der Waals surface area contributed by atoms with E-state index >= 15 is 0 Å². The zero-order valence-corrected chi connectivity index (χ0v) is 12.0. The maximum absolute atomic E-state index is 11.7. The van der Waals surface area contributed by atoms with Crippen molar-refractivity contribution in [3.63, 3.8) is 0 Å². The summed E-state index contributed by atoms with van der Waals surface area (Å²) >= 11 is 6.06. The van der Waals surface area contributed by atoms with Crippen LogP contribution in [0, 0.1) is 0 Å². The predicted octanol–water partition coefficient (Wildman–Crippen LogP) is 4.25. The molecule has 0 radical (unpaired) electrons. The van der Waals surface area contributed by atoms with Gasteiger partial charge in [-0.1, -0.05) is 17.7 Å². The Hall–Kier alpha value is -2.00. The van der Waals surface area contributed by atoms with Crippen LogP contribution in [-0.4, -0.2) is 18.1 Å². The highest BCUT2D eigenvalue weighted by atomic mass is 35.5. The van der Waals surface area contributed by atoms with Crippen LogP contribution in [0.4, 0.5) is 0 Å². The fraction of sp³-hybridized carbons (Fsp3) is 0.188. The molecule has 0 aliphatic heterocycles. The van der Waals surface area contributed by atoms with Crippen LogP contribution in [0.3, 0.4) is 0 Å². The molecule has 0 amide bonds. The molecule has 1 N–H and O–H groups in total. The first-order valence-corrected chi connectivity index (χ1v) is 6.76. The van der Waals surface area contributed by atoms with E-state index in [0.717, 1.165) is 27.4 Å². The van der Waals surface area contributed by atoms with Crippen LogP contribution in [-0.2, 0) is 9.53 Å². The second kappa shape index (κ2) is 4.84. The van der Waals surface area contributed by atoms with Gasteiger partial charge in [-0.15, -0.1) is 0 Å². The molecule has 0 fully saturated rings. The number of methoxy groups -OCH3 is 1. The van der Waals surface area contributed by atoms with Crippen molar-refractivity contribution in [1.82, 2.24) is 4.98 Å². The molecule has 3 nitrogen and oxygen atoms in total. The van der Waals surface area contributed by atoms with Gasteiger partial charge in [0.15, 0.2) is 0 Å². The van der Waals surface area contributed by atoms with Crippen molar-refractivity contribution in [2.45, 2.75) is 12.8 Å². The summed E-state index contributed by atoms with van der Waals surface area (Å²) in [6.45, 7) is 1.84. The summed E-state index contributed by atoms with van der Waals surface area (Å²) in [4.78, 5) is 15.0. The van der Waals surface area contributed by atoms with E-state index in [4.69, 9.17) is 16.3 Å². The van der Waals surface area contributed by atoms with E-state index in [-0.39, 0.29) is 11.9 Å². The number of ether oxygens (including phenoxy) is 1. The third-order valence-electron chi connectivity index (χ3n) is 3.64. The molecule has 102 valence electrons. The number of esters is 1. The van der Waals surface area contributed by atoms with Crippen molar-refractivity contribution in [2.24, 2.45) is 0 Å². The Morgan fingerprint density at radius 3 is 2.50 bits per heavy atom. The SMILES string of the molecule is COC(=O)C(C)c1ccc2[nH]c3ccc(Cl)cc3c2c1. The number of H-pyrrole nitrogens is 1. The molecule has 1 unspecified atom stereocenters. The molecule has 1 atom stereocenters. The van der Waals surface area contributed by atoms with E-state index in [1.54, 1.807) is 0 Å². The molecule has 20 heavy (non-hydrogen) atoms. The average Bonchev–Trinajstić information content (AvgIpc) is 2.82. The summed E-state index contributed by atoms with van der Waals surface area (Å²) in [7, 11) is 1.41. The predicted molar refractivity (Wildman–Crippen MR) is 81.2 cm³/mol. The number of carbonyl (C=O) groups is 1. The quantitative estimate of drug-likeness (QED) is 0.716. The number of hydrogen-bond acceptors (Lipinski definition) is 2. The van der Waals surface area contributed by atoms with Crippen LogP contribution in [0.1, 0.15) is 18.4 Å². The largest absolute Gasteiger partial charge is 0.469 e. The topological polar surface area (TPSA) is 42.1 Å². The second-order valence-electron chi connectivity index (χ2n) is 4.86. The van der Waals surface area contributed by atoms with Gasteiger partial charge in [0, 0.05) is 26.8 Å². The molecule has 0 saturated carbocycles. The second-order valence-corrected chi connectivity index (χ2v) is 5.30. The summed E-state index contributed by atoms with van der Waals surface area (Å²) in [5, 5.41) is 2.83. The Morgan fingerprint density at radius 2 is 1.80 bits per heavy atom. The number of carbonyl (C=O) groups excluding carboxylic acids is 1. The number of fused-ring (bicyclic) bond motifs is 3. The first kappa shape index (κ1) is 13.0. The molecule has 1 heterocycles. The number of hydrogen-bond donors (Lipinski definition) is 1. The van der Waals surface area contributed by atoms with Crippen LogP contribution >= 0.6 is 11.6 Å². The van der Waals surface area contributed by atoms with Gasteiger partial charge in [0.1, 0.15) is 0 Å². The Labute approximate surface area is 121 Å². The summed E-state index contributed by atoms with van der Waals surface area (Å²) in [6, 6.07) is 11.7. The molecular weight excluding hydrogens is 274 g/mol. The molecule has 0 bridgehead atoms. The molecule has 0 saturated heterocycles. The number of halogens is 1. The zero-order valence-electron chi connectivity index (χ0n) is 11.2. The number of rotatable bonds is 2. The zero-order chi connectivity index (χ0) is 14.3. The molecule has 0 spiro atoms. The minimum absolute atomic E-state index is 0.234. The Kier molecular flexibility index (Phi) is 3.14. The highest BCUT2D eigenvalue weighted by molar-refractivity contribution is 6.31. The summed E-state index contributed by atoms with van der Waals surface area (Å²) in [5.74, 6) is -0.518. The standard InChI is InChI=1S/C16H14ClNO2/c1-9(16(19)20-2)10-3-5-14-12(7-10)13-8-11(17)4-6-15(13)18-14/h3-9,18H,1-2H3. The van der Waals surface area contributed by atoms with Crippen molar-refractivity contribution < 1.29 is 9.53 Å². The number of aromatic nitrogens is 1. The summed E-state index contributed by atoms with van der Waals surface area (Å²) in [5.41, 5.74) is 3.00.